The second-order valence-corrected chi connectivity index (χ2v) is 9.66. The molecule has 1 saturated heterocycles. The molecule has 1 aromatic carbocycles. The molecule has 23 heavy (non-hydrogen) atoms. The molecule has 2 rings (SSSR count). The number of piperidine rings is 1. The lowest BCUT2D eigenvalue weighted by Crippen LogP contribution is -2.45. The molecule has 1 aromatic rings. The van der Waals surface area contributed by atoms with Gasteiger partial charge in [-0.2, -0.15) is 0 Å². The van der Waals surface area contributed by atoms with Crippen molar-refractivity contribution in [2.24, 2.45) is 0 Å². The summed E-state index contributed by atoms with van der Waals surface area (Å²) >= 11 is 0. The Morgan fingerprint density at radius 1 is 1.13 bits per heavy atom. The molecule has 0 bridgehead atoms. The highest BCUT2D eigenvalue weighted by atomic mass is 32.2. The molecule has 1 N–H and O–H groups in total. The van der Waals surface area contributed by atoms with Gasteiger partial charge in [0.15, 0.2) is 0 Å². The summed E-state index contributed by atoms with van der Waals surface area (Å²) in [6.45, 7) is 10.5. The van der Waals surface area contributed by atoms with Gasteiger partial charge in [0.2, 0.25) is 10.0 Å². The van der Waals surface area contributed by atoms with Gasteiger partial charge in [-0.05, 0) is 36.3 Å². The third-order valence-electron chi connectivity index (χ3n) is 4.63. The maximum atomic E-state index is 11.9. The molecule has 0 radical (unpaired) electrons. The van der Waals surface area contributed by atoms with Crippen molar-refractivity contribution in [2.45, 2.75) is 58.5 Å². The van der Waals surface area contributed by atoms with Crippen molar-refractivity contribution in [3.63, 3.8) is 0 Å². The van der Waals surface area contributed by atoms with Gasteiger partial charge in [-0.1, -0.05) is 45.0 Å². The number of nitrogens with zero attached hydrogens (tertiary/aromatic N) is 1. The van der Waals surface area contributed by atoms with Gasteiger partial charge >= 0.3 is 0 Å². The van der Waals surface area contributed by atoms with Crippen molar-refractivity contribution >= 4 is 10.0 Å². The summed E-state index contributed by atoms with van der Waals surface area (Å²) in [6.07, 6.45) is 1.78. The molecule has 0 atom stereocenters. The van der Waals surface area contributed by atoms with Crippen LogP contribution < -0.4 is 5.32 Å². The smallest absolute Gasteiger partial charge is 0.213 e. The van der Waals surface area contributed by atoms with Crippen LogP contribution >= 0.6 is 0 Å². The van der Waals surface area contributed by atoms with Crippen molar-refractivity contribution in [1.82, 2.24) is 9.62 Å². The number of hydrogen-bond acceptors (Lipinski definition) is 3. The van der Waals surface area contributed by atoms with E-state index in [2.05, 4.69) is 50.4 Å². The monoisotopic (exact) mass is 338 g/mol. The van der Waals surface area contributed by atoms with E-state index in [1.807, 2.05) is 0 Å². The highest BCUT2D eigenvalue weighted by molar-refractivity contribution is 7.89. The zero-order valence-corrected chi connectivity index (χ0v) is 15.6. The molecule has 0 unspecified atom stereocenters. The topological polar surface area (TPSA) is 49.4 Å². The first-order chi connectivity index (χ1) is 10.7. The van der Waals surface area contributed by atoms with Crippen LogP contribution in [-0.2, 0) is 22.0 Å². The lowest BCUT2D eigenvalue weighted by molar-refractivity contribution is 0.289. The Bertz CT molecular complexity index is 595. The van der Waals surface area contributed by atoms with Crippen LogP contribution in [0.1, 0.15) is 51.7 Å². The number of hydrogen-bond donors (Lipinski definition) is 1. The number of nitrogens with one attached hydrogen (secondary N) is 1. The van der Waals surface area contributed by atoms with E-state index in [-0.39, 0.29) is 11.2 Å². The Morgan fingerprint density at radius 3 is 2.17 bits per heavy atom. The highest BCUT2D eigenvalue weighted by Gasteiger charge is 2.26. The van der Waals surface area contributed by atoms with Crippen molar-refractivity contribution < 1.29 is 8.42 Å². The molecule has 1 heterocycles. The number of benzene rings is 1. The Labute approximate surface area is 141 Å². The fourth-order valence-corrected chi connectivity index (χ4v) is 4.04. The van der Waals surface area contributed by atoms with Crippen molar-refractivity contribution in [1.29, 1.82) is 0 Å². The third kappa shape index (κ3) is 5.03. The number of sulfonamides is 1. The fourth-order valence-electron chi connectivity index (χ4n) is 2.91. The molecule has 0 saturated carbocycles. The van der Waals surface area contributed by atoms with Gasteiger partial charge in [-0.25, -0.2) is 12.7 Å². The summed E-state index contributed by atoms with van der Waals surface area (Å²) in [4.78, 5) is 0. The van der Waals surface area contributed by atoms with E-state index < -0.39 is 10.0 Å². The SMILES string of the molecule is CCS(=O)(=O)N1CCC(NCc2ccc(C(C)(C)C)cc2)CC1. The molecule has 4 nitrogen and oxygen atoms in total. The van der Waals surface area contributed by atoms with Gasteiger partial charge in [0.25, 0.3) is 0 Å². The maximum absolute atomic E-state index is 11.9. The van der Waals surface area contributed by atoms with Gasteiger partial charge in [0, 0.05) is 25.7 Å². The Morgan fingerprint density at radius 2 is 1.70 bits per heavy atom. The van der Waals surface area contributed by atoms with Crippen LogP contribution in [0.5, 0.6) is 0 Å². The van der Waals surface area contributed by atoms with E-state index in [1.54, 1.807) is 11.2 Å². The largest absolute Gasteiger partial charge is 0.310 e. The molecule has 1 fully saturated rings. The van der Waals surface area contributed by atoms with E-state index in [9.17, 15) is 8.42 Å². The van der Waals surface area contributed by atoms with E-state index in [1.165, 1.54) is 11.1 Å². The van der Waals surface area contributed by atoms with Gasteiger partial charge in [0.1, 0.15) is 0 Å². The van der Waals surface area contributed by atoms with Crippen molar-refractivity contribution in [3.8, 4) is 0 Å². The lowest BCUT2D eigenvalue weighted by atomic mass is 9.87. The van der Waals surface area contributed by atoms with Crippen molar-refractivity contribution in [2.75, 3.05) is 18.8 Å². The zero-order chi connectivity index (χ0) is 17.1. The predicted octanol–water partition coefficient (Wildman–Crippen LogP) is 2.89. The molecule has 1 aliphatic rings. The lowest BCUT2D eigenvalue weighted by Gasteiger charge is -2.31. The van der Waals surface area contributed by atoms with Crippen LogP contribution in [0.25, 0.3) is 0 Å². The first-order valence-corrected chi connectivity index (χ1v) is 10.1. The van der Waals surface area contributed by atoms with Gasteiger partial charge in [-0.3, -0.25) is 0 Å². The van der Waals surface area contributed by atoms with Crippen LogP contribution in [0, 0.1) is 0 Å². The van der Waals surface area contributed by atoms with Crippen LogP contribution in [0.15, 0.2) is 24.3 Å². The predicted molar refractivity (Wildman–Crippen MR) is 96.0 cm³/mol. The number of rotatable bonds is 5. The Kier molecular flexibility index (Phi) is 5.87. The molecule has 1 aliphatic heterocycles. The third-order valence-corrected chi connectivity index (χ3v) is 6.51. The minimum atomic E-state index is -3.03. The summed E-state index contributed by atoms with van der Waals surface area (Å²) in [5, 5.41) is 3.56. The average Bonchev–Trinajstić information content (AvgIpc) is 2.53. The van der Waals surface area contributed by atoms with Gasteiger partial charge < -0.3 is 5.32 Å². The minimum absolute atomic E-state index is 0.184. The van der Waals surface area contributed by atoms with Crippen LogP contribution in [0.3, 0.4) is 0 Å². The second kappa shape index (κ2) is 7.32. The minimum Gasteiger partial charge on any atom is -0.310 e. The normalized spacial score (nSPS) is 18.3. The molecular formula is C18H30N2O2S. The van der Waals surface area contributed by atoms with Gasteiger partial charge in [-0.15, -0.1) is 0 Å². The molecular weight excluding hydrogens is 308 g/mol. The molecule has 5 heteroatoms. The van der Waals surface area contributed by atoms with E-state index >= 15 is 0 Å². The molecule has 0 aromatic heterocycles. The summed E-state index contributed by atoms with van der Waals surface area (Å²) in [5.41, 5.74) is 2.81. The van der Waals surface area contributed by atoms with E-state index in [0.717, 1.165) is 19.4 Å². The summed E-state index contributed by atoms with van der Waals surface area (Å²) < 4.78 is 25.3. The molecule has 0 amide bonds. The Balaban J connectivity index is 1.82. The second-order valence-electron chi connectivity index (χ2n) is 7.40. The van der Waals surface area contributed by atoms with Crippen LogP contribution in [0.4, 0.5) is 0 Å². The molecule has 130 valence electrons. The Hall–Kier alpha value is -0.910. The first-order valence-electron chi connectivity index (χ1n) is 8.53. The fraction of sp³-hybridized carbons (Fsp3) is 0.667. The molecule has 0 aliphatic carbocycles. The molecule has 0 spiro atoms. The summed E-state index contributed by atoms with van der Waals surface area (Å²) in [6, 6.07) is 9.18. The van der Waals surface area contributed by atoms with Crippen LogP contribution in [-0.4, -0.2) is 37.6 Å². The van der Waals surface area contributed by atoms with Crippen LogP contribution in [0.2, 0.25) is 0 Å². The maximum Gasteiger partial charge on any atom is 0.213 e. The highest BCUT2D eigenvalue weighted by Crippen LogP contribution is 2.22. The van der Waals surface area contributed by atoms with E-state index in [0.29, 0.717) is 19.1 Å². The quantitative estimate of drug-likeness (QED) is 0.898. The van der Waals surface area contributed by atoms with E-state index in [4.69, 9.17) is 0 Å². The average molecular weight is 339 g/mol. The first kappa shape index (κ1) is 18.4. The standard InChI is InChI=1S/C18H30N2O2S/c1-5-23(21,22)20-12-10-17(11-13-20)19-14-15-6-8-16(9-7-15)18(2,3)4/h6-9,17,19H,5,10-14H2,1-4H3. The summed E-state index contributed by atoms with van der Waals surface area (Å²) in [5.74, 6) is 0.200. The zero-order valence-electron chi connectivity index (χ0n) is 14.8. The van der Waals surface area contributed by atoms with Crippen molar-refractivity contribution in [3.05, 3.63) is 35.4 Å². The summed E-state index contributed by atoms with van der Waals surface area (Å²) in [7, 11) is -3.03. The van der Waals surface area contributed by atoms with Gasteiger partial charge in [0.05, 0.1) is 5.75 Å².